The predicted molar refractivity (Wildman–Crippen MR) is 38.6 cm³/mol. The summed E-state index contributed by atoms with van der Waals surface area (Å²) in [4.78, 5) is 10.9. The van der Waals surface area contributed by atoms with Gasteiger partial charge in [-0.15, -0.1) is 0 Å². The Balaban J connectivity index is 2.17. The number of rotatable bonds is 1. The first-order valence-electron chi connectivity index (χ1n) is 3.90. The monoisotopic (exact) mass is 156 g/mol. The molecule has 0 aromatic carbocycles. The van der Waals surface area contributed by atoms with Gasteiger partial charge in [-0.25, -0.2) is 0 Å². The van der Waals surface area contributed by atoms with Gasteiger partial charge in [-0.2, -0.15) is 0 Å². The molecule has 2 saturated heterocycles. The zero-order valence-electron chi connectivity index (χ0n) is 6.19. The second-order valence-electron chi connectivity index (χ2n) is 3.30. The molecule has 0 aromatic rings. The van der Waals surface area contributed by atoms with Gasteiger partial charge in [-0.3, -0.25) is 4.79 Å². The summed E-state index contributed by atoms with van der Waals surface area (Å²) in [5, 5.41) is 0. The van der Waals surface area contributed by atoms with E-state index in [9.17, 15) is 4.79 Å². The van der Waals surface area contributed by atoms with E-state index in [1.165, 1.54) is 0 Å². The topological polar surface area (TPSA) is 78.3 Å². The average molecular weight is 156 g/mol. The van der Waals surface area contributed by atoms with E-state index in [0.717, 1.165) is 12.8 Å². The van der Waals surface area contributed by atoms with Crippen LogP contribution in [0.3, 0.4) is 0 Å². The van der Waals surface area contributed by atoms with Gasteiger partial charge in [-0.05, 0) is 12.8 Å². The highest BCUT2D eigenvalue weighted by Crippen LogP contribution is 2.37. The lowest BCUT2D eigenvalue weighted by molar-refractivity contribution is -0.123. The number of fused-ring (bicyclic) bond motifs is 2. The van der Waals surface area contributed by atoms with Crippen LogP contribution in [0.1, 0.15) is 12.8 Å². The number of nitrogens with two attached hydrogens (primary N) is 2. The number of carbonyl (C=O) groups is 1. The van der Waals surface area contributed by atoms with Gasteiger partial charge < -0.3 is 16.2 Å². The van der Waals surface area contributed by atoms with Crippen molar-refractivity contribution in [2.24, 2.45) is 17.4 Å². The number of amides is 1. The lowest BCUT2D eigenvalue weighted by atomic mass is 9.85. The van der Waals surface area contributed by atoms with Crippen LogP contribution in [0.5, 0.6) is 0 Å². The van der Waals surface area contributed by atoms with Gasteiger partial charge in [-0.1, -0.05) is 0 Å². The van der Waals surface area contributed by atoms with Crippen molar-refractivity contribution in [3.8, 4) is 0 Å². The van der Waals surface area contributed by atoms with Crippen LogP contribution in [0.25, 0.3) is 0 Å². The smallest absolute Gasteiger partial charge is 0.224 e. The van der Waals surface area contributed by atoms with Crippen LogP contribution >= 0.6 is 0 Å². The van der Waals surface area contributed by atoms with Gasteiger partial charge in [0.2, 0.25) is 5.91 Å². The molecule has 0 saturated carbocycles. The third-order valence-electron chi connectivity index (χ3n) is 2.66. The Morgan fingerprint density at radius 3 is 2.36 bits per heavy atom. The van der Waals surface area contributed by atoms with Crippen molar-refractivity contribution < 1.29 is 9.53 Å². The molecular formula is C7H12N2O2. The van der Waals surface area contributed by atoms with Crippen LogP contribution in [0.15, 0.2) is 0 Å². The highest BCUT2D eigenvalue weighted by molar-refractivity contribution is 5.78. The van der Waals surface area contributed by atoms with Crippen LogP contribution in [0, 0.1) is 5.92 Å². The number of primary amides is 1. The molecule has 2 aliphatic heterocycles. The zero-order chi connectivity index (χ0) is 8.01. The lowest BCUT2D eigenvalue weighted by Gasteiger charge is -2.21. The van der Waals surface area contributed by atoms with Gasteiger partial charge in [0.1, 0.15) is 0 Å². The summed E-state index contributed by atoms with van der Waals surface area (Å²) in [6.07, 6.45) is 2.01. The zero-order valence-corrected chi connectivity index (χ0v) is 6.19. The molecule has 4 atom stereocenters. The molecule has 0 spiro atoms. The fraction of sp³-hybridized carbons (Fsp3) is 0.857. The van der Waals surface area contributed by atoms with E-state index in [2.05, 4.69) is 0 Å². The summed E-state index contributed by atoms with van der Waals surface area (Å²) in [7, 11) is 0. The Morgan fingerprint density at radius 2 is 2.00 bits per heavy atom. The van der Waals surface area contributed by atoms with Crippen molar-refractivity contribution >= 4 is 5.91 Å². The first-order valence-corrected chi connectivity index (χ1v) is 3.90. The standard InChI is InChI=1S/C7H12N2O2/c8-6-4-2-1-3(11-4)5(6)7(9)10/h3-6H,1-2,8H2,(H2,9,10)/t3-,4+,5-,6+/m1/s1. The first kappa shape index (κ1) is 7.06. The van der Waals surface area contributed by atoms with E-state index < -0.39 is 0 Å². The highest BCUT2D eigenvalue weighted by atomic mass is 16.5. The predicted octanol–water partition coefficient (Wildman–Crippen LogP) is -1.02. The molecule has 11 heavy (non-hydrogen) atoms. The van der Waals surface area contributed by atoms with Crippen molar-refractivity contribution in [3.63, 3.8) is 0 Å². The molecule has 1 amide bonds. The summed E-state index contributed by atoms with van der Waals surface area (Å²) >= 11 is 0. The molecule has 0 unspecified atom stereocenters. The van der Waals surface area contributed by atoms with Gasteiger partial charge in [0.05, 0.1) is 18.1 Å². The van der Waals surface area contributed by atoms with Crippen molar-refractivity contribution in [1.29, 1.82) is 0 Å². The molecule has 2 aliphatic rings. The van der Waals surface area contributed by atoms with E-state index in [1.54, 1.807) is 0 Å². The fourth-order valence-electron chi connectivity index (χ4n) is 2.09. The summed E-state index contributed by atoms with van der Waals surface area (Å²) in [6, 6.07) is -0.161. The number of hydrogen-bond acceptors (Lipinski definition) is 3. The second kappa shape index (κ2) is 2.19. The molecule has 0 radical (unpaired) electrons. The van der Waals surface area contributed by atoms with Gasteiger partial charge in [0, 0.05) is 6.04 Å². The fourth-order valence-corrected chi connectivity index (χ4v) is 2.09. The van der Waals surface area contributed by atoms with Gasteiger partial charge >= 0.3 is 0 Å². The largest absolute Gasteiger partial charge is 0.372 e. The van der Waals surface area contributed by atoms with E-state index in [1.807, 2.05) is 0 Å². The third kappa shape index (κ3) is 0.862. The van der Waals surface area contributed by atoms with Crippen LogP contribution in [0.2, 0.25) is 0 Å². The number of hydrogen-bond donors (Lipinski definition) is 2. The van der Waals surface area contributed by atoms with E-state index in [0.29, 0.717) is 0 Å². The molecule has 2 rings (SSSR count). The van der Waals surface area contributed by atoms with Crippen molar-refractivity contribution in [2.75, 3.05) is 0 Å². The minimum atomic E-state index is -0.315. The Hall–Kier alpha value is -0.610. The summed E-state index contributed by atoms with van der Waals surface area (Å²) < 4.78 is 5.43. The normalized spacial score (nSPS) is 48.1. The molecule has 0 aliphatic carbocycles. The third-order valence-corrected chi connectivity index (χ3v) is 2.66. The minimum Gasteiger partial charge on any atom is -0.372 e. The molecule has 0 aromatic heterocycles. The van der Waals surface area contributed by atoms with Crippen molar-refractivity contribution in [3.05, 3.63) is 0 Å². The van der Waals surface area contributed by atoms with E-state index in [4.69, 9.17) is 16.2 Å². The van der Waals surface area contributed by atoms with E-state index in [-0.39, 0.29) is 30.1 Å². The Labute approximate surface area is 64.9 Å². The Bertz CT molecular complexity index is 193. The van der Waals surface area contributed by atoms with Gasteiger partial charge in [0.25, 0.3) is 0 Å². The SMILES string of the molecule is NC(=O)[C@H]1[C@@H](N)[C@@H]2CC[C@H]1O2. The van der Waals surface area contributed by atoms with Crippen molar-refractivity contribution in [2.45, 2.75) is 31.1 Å². The number of carbonyl (C=O) groups excluding carboxylic acids is 1. The quantitative estimate of drug-likeness (QED) is 0.510. The molecular weight excluding hydrogens is 144 g/mol. The second-order valence-corrected chi connectivity index (χ2v) is 3.30. The Kier molecular flexibility index (Phi) is 1.40. The molecule has 4 heteroatoms. The van der Waals surface area contributed by atoms with Gasteiger partial charge in [0.15, 0.2) is 0 Å². The summed E-state index contributed by atoms with van der Waals surface area (Å²) in [5.74, 6) is -0.557. The summed E-state index contributed by atoms with van der Waals surface area (Å²) in [6.45, 7) is 0. The maximum absolute atomic E-state index is 10.9. The number of ether oxygens (including phenoxy) is 1. The van der Waals surface area contributed by atoms with Crippen LogP contribution < -0.4 is 11.5 Å². The maximum Gasteiger partial charge on any atom is 0.224 e. The average Bonchev–Trinajstić information content (AvgIpc) is 2.44. The Morgan fingerprint density at radius 1 is 1.36 bits per heavy atom. The lowest BCUT2D eigenvalue weighted by Crippen LogP contribution is -2.46. The van der Waals surface area contributed by atoms with Crippen molar-refractivity contribution in [1.82, 2.24) is 0 Å². The molecule has 2 fully saturated rings. The first-order chi connectivity index (χ1) is 5.20. The summed E-state index contributed by atoms with van der Waals surface area (Å²) in [5.41, 5.74) is 10.9. The van der Waals surface area contributed by atoms with Crippen LogP contribution in [-0.2, 0) is 9.53 Å². The molecule has 2 heterocycles. The maximum atomic E-state index is 10.9. The highest BCUT2D eigenvalue weighted by Gasteiger charge is 2.49. The molecule has 62 valence electrons. The van der Waals surface area contributed by atoms with E-state index >= 15 is 0 Å². The molecule has 4 N–H and O–H groups in total. The van der Waals surface area contributed by atoms with Crippen LogP contribution in [-0.4, -0.2) is 24.2 Å². The minimum absolute atomic E-state index is 0.00694. The molecule has 2 bridgehead atoms. The molecule has 4 nitrogen and oxygen atoms in total. The van der Waals surface area contributed by atoms with Crippen LogP contribution in [0.4, 0.5) is 0 Å².